The van der Waals surface area contributed by atoms with E-state index in [9.17, 15) is 4.39 Å². The molecule has 2 N–H and O–H groups in total. The van der Waals surface area contributed by atoms with Crippen LogP contribution in [0.4, 0.5) is 4.39 Å². The van der Waals surface area contributed by atoms with Crippen LogP contribution in [0.15, 0.2) is 53.5 Å². The van der Waals surface area contributed by atoms with E-state index < -0.39 is 0 Å². The van der Waals surface area contributed by atoms with Crippen molar-refractivity contribution >= 4 is 29.9 Å². The van der Waals surface area contributed by atoms with Crippen LogP contribution in [-0.4, -0.2) is 56.9 Å². The number of nitrogens with one attached hydrogen (secondary N) is 2. The van der Waals surface area contributed by atoms with Crippen molar-refractivity contribution in [3.05, 3.63) is 65.5 Å². The Bertz CT molecular complexity index is 831. The van der Waals surface area contributed by atoms with Crippen LogP contribution in [0, 0.1) is 5.82 Å². The lowest BCUT2D eigenvalue weighted by Gasteiger charge is -2.26. The number of aliphatic imine (C=N–C) groups is 1. The van der Waals surface area contributed by atoms with E-state index in [4.69, 9.17) is 9.47 Å². The molecule has 3 rings (SSSR count). The molecule has 0 bridgehead atoms. The average Bonchev–Trinajstić information content (AvgIpc) is 2.75. The molecule has 0 saturated carbocycles. The van der Waals surface area contributed by atoms with E-state index in [1.165, 1.54) is 23.3 Å². The van der Waals surface area contributed by atoms with Gasteiger partial charge < -0.3 is 20.1 Å². The molecule has 0 aliphatic carbocycles. The SMILES string of the molecule is CN=C(NCc1cccc(CN2CCOCC2)c1)NCC(C)Oc1cccc(F)c1.I. The molecule has 0 spiro atoms. The van der Waals surface area contributed by atoms with Gasteiger partial charge in [0.15, 0.2) is 5.96 Å². The van der Waals surface area contributed by atoms with Crippen LogP contribution in [-0.2, 0) is 17.8 Å². The summed E-state index contributed by atoms with van der Waals surface area (Å²) in [5, 5.41) is 6.59. The maximum atomic E-state index is 13.3. The number of hydrogen-bond acceptors (Lipinski definition) is 4. The van der Waals surface area contributed by atoms with E-state index >= 15 is 0 Å². The summed E-state index contributed by atoms with van der Waals surface area (Å²) in [5.41, 5.74) is 2.50. The third-order valence-corrected chi connectivity index (χ3v) is 4.88. The van der Waals surface area contributed by atoms with E-state index in [0.29, 0.717) is 24.8 Å². The summed E-state index contributed by atoms with van der Waals surface area (Å²) in [6.07, 6.45) is -0.137. The average molecular weight is 542 g/mol. The van der Waals surface area contributed by atoms with Crippen LogP contribution < -0.4 is 15.4 Å². The van der Waals surface area contributed by atoms with Crippen molar-refractivity contribution in [2.45, 2.75) is 26.1 Å². The Labute approximate surface area is 201 Å². The summed E-state index contributed by atoms with van der Waals surface area (Å²) < 4.78 is 24.4. The maximum absolute atomic E-state index is 13.3. The lowest BCUT2D eigenvalue weighted by molar-refractivity contribution is 0.0342. The highest BCUT2D eigenvalue weighted by atomic mass is 127. The van der Waals surface area contributed by atoms with Crippen LogP contribution in [0.5, 0.6) is 5.75 Å². The molecule has 0 amide bonds. The molecular weight excluding hydrogens is 510 g/mol. The quantitative estimate of drug-likeness (QED) is 0.304. The van der Waals surface area contributed by atoms with Crippen molar-refractivity contribution in [3.8, 4) is 5.75 Å². The predicted octanol–water partition coefficient (Wildman–Crippen LogP) is 3.41. The number of morpholine rings is 1. The van der Waals surface area contributed by atoms with Crippen molar-refractivity contribution in [1.82, 2.24) is 15.5 Å². The molecular formula is C23H32FIN4O2. The molecule has 31 heavy (non-hydrogen) atoms. The van der Waals surface area contributed by atoms with Gasteiger partial charge in [-0.15, -0.1) is 24.0 Å². The highest BCUT2D eigenvalue weighted by Crippen LogP contribution is 2.13. The van der Waals surface area contributed by atoms with Gasteiger partial charge >= 0.3 is 0 Å². The van der Waals surface area contributed by atoms with Gasteiger partial charge in [-0.3, -0.25) is 9.89 Å². The Hall–Kier alpha value is -1.91. The van der Waals surface area contributed by atoms with Crippen LogP contribution >= 0.6 is 24.0 Å². The Kier molecular flexibility index (Phi) is 11.0. The fourth-order valence-corrected chi connectivity index (χ4v) is 3.32. The van der Waals surface area contributed by atoms with Gasteiger partial charge in [-0.2, -0.15) is 0 Å². The summed E-state index contributed by atoms with van der Waals surface area (Å²) in [4.78, 5) is 6.68. The molecule has 0 aromatic heterocycles. The van der Waals surface area contributed by atoms with Crippen molar-refractivity contribution in [1.29, 1.82) is 0 Å². The Balaban J connectivity index is 0.00000341. The first-order valence-corrected chi connectivity index (χ1v) is 10.4. The Morgan fingerprint density at radius 2 is 1.87 bits per heavy atom. The lowest BCUT2D eigenvalue weighted by Crippen LogP contribution is -2.41. The Morgan fingerprint density at radius 1 is 1.13 bits per heavy atom. The number of rotatable bonds is 8. The van der Waals surface area contributed by atoms with Gasteiger partial charge in [0, 0.05) is 39.3 Å². The zero-order chi connectivity index (χ0) is 21.2. The van der Waals surface area contributed by atoms with Crippen LogP contribution in [0.25, 0.3) is 0 Å². The third-order valence-electron chi connectivity index (χ3n) is 4.88. The van der Waals surface area contributed by atoms with E-state index in [-0.39, 0.29) is 35.9 Å². The normalized spacial score (nSPS) is 15.6. The largest absolute Gasteiger partial charge is 0.489 e. The predicted molar refractivity (Wildman–Crippen MR) is 133 cm³/mol. The van der Waals surface area contributed by atoms with E-state index in [0.717, 1.165) is 32.8 Å². The molecule has 0 radical (unpaired) electrons. The van der Waals surface area contributed by atoms with Gasteiger partial charge in [0.2, 0.25) is 0 Å². The van der Waals surface area contributed by atoms with Crippen molar-refractivity contribution in [3.63, 3.8) is 0 Å². The van der Waals surface area contributed by atoms with Crippen molar-refractivity contribution in [2.24, 2.45) is 4.99 Å². The molecule has 1 fully saturated rings. The molecule has 1 atom stereocenters. The molecule has 2 aromatic carbocycles. The summed E-state index contributed by atoms with van der Waals surface area (Å²) in [6, 6.07) is 14.8. The number of ether oxygens (including phenoxy) is 2. The third kappa shape index (κ3) is 9.00. The molecule has 1 aliphatic heterocycles. The molecule has 1 saturated heterocycles. The second-order valence-electron chi connectivity index (χ2n) is 7.40. The summed E-state index contributed by atoms with van der Waals surface area (Å²) in [7, 11) is 1.74. The Morgan fingerprint density at radius 3 is 2.61 bits per heavy atom. The highest BCUT2D eigenvalue weighted by molar-refractivity contribution is 14.0. The van der Waals surface area contributed by atoms with Crippen LogP contribution in [0.2, 0.25) is 0 Å². The van der Waals surface area contributed by atoms with Gasteiger partial charge in [0.25, 0.3) is 0 Å². The standard InChI is InChI=1S/C23H31FN4O2.HI/c1-18(30-22-8-4-7-21(24)14-22)15-26-23(25-2)27-16-19-5-3-6-20(13-19)17-28-9-11-29-12-10-28;/h3-8,13-14,18H,9-12,15-17H2,1-2H3,(H2,25,26,27);1H. The number of nitrogens with zero attached hydrogens (tertiary/aromatic N) is 2. The maximum Gasteiger partial charge on any atom is 0.191 e. The molecule has 1 aliphatic rings. The van der Waals surface area contributed by atoms with Gasteiger partial charge in [-0.25, -0.2) is 4.39 Å². The summed E-state index contributed by atoms with van der Waals surface area (Å²) >= 11 is 0. The molecule has 8 heteroatoms. The van der Waals surface area contributed by atoms with Gasteiger partial charge in [0.1, 0.15) is 17.7 Å². The molecule has 1 heterocycles. The monoisotopic (exact) mass is 542 g/mol. The number of hydrogen-bond donors (Lipinski definition) is 2. The first-order chi connectivity index (χ1) is 14.6. The highest BCUT2D eigenvalue weighted by Gasteiger charge is 2.11. The molecule has 6 nitrogen and oxygen atoms in total. The van der Waals surface area contributed by atoms with E-state index in [1.807, 2.05) is 6.92 Å². The zero-order valence-electron chi connectivity index (χ0n) is 18.1. The smallest absolute Gasteiger partial charge is 0.191 e. The molecule has 2 aromatic rings. The van der Waals surface area contributed by atoms with Crippen molar-refractivity contribution in [2.75, 3.05) is 39.9 Å². The first kappa shape index (κ1) is 25.4. The zero-order valence-corrected chi connectivity index (χ0v) is 20.5. The van der Waals surface area contributed by atoms with Crippen molar-refractivity contribution < 1.29 is 13.9 Å². The van der Waals surface area contributed by atoms with Crippen LogP contribution in [0.3, 0.4) is 0 Å². The van der Waals surface area contributed by atoms with Gasteiger partial charge in [0.05, 0.1) is 19.8 Å². The second-order valence-corrected chi connectivity index (χ2v) is 7.40. The fraction of sp³-hybridized carbons (Fsp3) is 0.435. The fourth-order valence-electron chi connectivity index (χ4n) is 3.32. The van der Waals surface area contributed by atoms with Crippen LogP contribution in [0.1, 0.15) is 18.1 Å². The topological polar surface area (TPSA) is 58.1 Å². The minimum Gasteiger partial charge on any atom is -0.489 e. The number of guanidine groups is 1. The summed E-state index contributed by atoms with van der Waals surface area (Å²) in [5.74, 6) is 0.911. The lowest BCUT2D eigenvalue weighted by atomic mass is 10.1. The minimum absolute atomic E-state index is 0. The second kappa shape index (κ2) is 13.5. The van der Waals surface area contributed by atoms with E-state index in [2.05, 4.69) is 44.8 Å². The first-order valence-electron chi connectivity index (χ1n) is 10.4. The van der Waals surface area contributed by atoms with Gasteiger partial charge in [-0.1, -0.05) is 30.3 Å². The van der Waals surface area contributed by atoms with Gasteiger partial charge in [-0.05, 0) is 30.2 Å². The number of benzene rings is 2. The number of halogens is 2. The van der Waals surface area contributed by atoms with E-state index in [1.54, 1.807) is 19.2 Å². The summed E-state index contributed by atoms with van der Waals surface area (Å²) in [6.45, 7) is 7.68. The minimum atomic E-state index is -0.305. The molecule has 1 unspecified atom stereocenters. The molecule has 170 valence electrons.